The third kappa shape index (κ3) is 3.33. The predicted octanol–water partition coefficient (Wildman–Crippen LogP) is 10.1. The van der Waals surface area contributed by atoms with Crippen molar-refractivity contribution in [2.75, 3.05) is 0 Å². The second-order valence-corrected chi connectivity index (χ2v) is 11.5. The molecule has 0 saturated carbocycles. The first-order valence-electron chi connectivity index (χ1n) is 14.0. The summed E-state index contributed by atoms with van der Waals surface area (Å²) in [7, 11) is 0. The highest BCUT2D eigenvalue weighted by Gasteiger charge is 2.36. The van der Waals surface area contributed by atoms with Gasteiger partial charge in [0.25, 0.3) is 0 Å². The van der Waals surface area contributed by atoms with Gasteiger partial charge < -0.3 is 0 Å². The van der Waals surface area contributed by atoms with Gasteiger partial charge in [0.1, 0.15) is 0 Å². The molecule has 0 atom stereocenters. The highest BCUT2D eigenvalue weighted by molar-refractivity contribution is 6.23. The van der Waals surface area contributed by atoms with Gasteiger partial charge in [-0.2, -0.15) is 5.26 Å². The minimum absolute atomic E-state index is 0.201. The Morgan fingerprint density at radius 2 is 1.12 bits per heavy atom. The van der Waals surface area contributed by atoms with Gasteiger partial charge in [-0.1, -0.05) is 105 Å². The molecule has 41 heavy (non-hydrogen) atoms. The number of benzene rings is 6. The summed E-state index contributed by atoms with van der Waals surface area (Å²) in [6.45, 7) is 4.55. The average molecular weight is 523 g/mol. The Morgan fingerprint density at radius 1 is 0.561 bits per heavy atom. The van der Waals surface area contributed by atoms with E-state index in [4.69, 9.17) is 0 Å². The summed E-state index contributed by atoms with van der Waals surface area (Å²) in [6.07, 6.45) is 3.96. The number of fused-ring (bicyclic) bond motifs is 6. The Bertz CT molecular complexity index is 2190. The summed E-state index contributed by atoms with van der Waals surface area (Å²) < 4.78 is 0. The van der Waals surface area contributed by atoms with Crippen LogP contribution in [0, 0.1) is 11.3 Å². The van der Waals surface area contributed by atoms with Crippen LogP contribution in [0.4, 0.5) is 0 Å². The lowest BCUT2D eigenvalue weighted by molar-refractivity contribution is 0.660. The van der Waals surface area contributed by atoms with E-state index >= 15 is 0 Å². The summed E-state index contributed by atoms with van der Waals surface area (Å²) in [5.41, 5.74) is 10.3. The Kier molecular flexibility index (Phi) is 4.96. The summed E-state index contributed by atoms with van der Waals surface area (Å²) in [5.74, 6) is 0. The largest absolute Gasteiger partial charge is 0.263 e. The lowest BCUT2D eigenvalue weighted by Crippen LogP contribution is -2.15. The zero-order valence-electron chi connectivity index (χ0n) is 22.9. The molecular formula is C39H26N2. The van der Waals surface area contributed by atoms with Crippen molar-refractivity contribution in [3.05, 3.63) is 138 Å². The fourth-order valence-corrected chi connectivity index (χ4v) is 7.01. The van der Waals surface area contributed by atoms with Crippen molar-refractivity contribution in [2.24, 2.45) is 0 Å². The minimum Gasteiger partial charge on any atom is -0.263 e. The summed E-state index contributed by atoms with van der Waals surface area (Å²) in [5, 5.41) is 16.8. The van der Waals surface area contributed by atoms with Gasteiger partial charge in [0, 0.05) is 28.8 Å². The third-order valence-electron chi connectivity index (χ3n) is 8.96. The Labute approximate surface area is 239 Å². The first-order valence-corrected chi connectivity index (χ1v) is 14.0. The van der Waals surface area contributed by atoms with Gasteiger partial charge in [-0.3, -0.25) is 4.98 Å². The predicted molar refractivity (Wildman–Crippen MR) is 170 cm³/mol. The lowest BCUT2D eigenvalue weighted by atomic mass is 9.80. The maximum absolute atomic E-state index is 9.56. The molecule has 7 aromatic rings. The fraction of sp³-hybridized carbons (Fsp3) is 0.0769. The number of rotatable bonds is 2. The zero-order chi connectivity index (χ0) is 27.7. The number of nitriles is 1. The molecule has 1 aliphatic carbocycles. The van der Waals surface area contributed by atoms with Crippen molar-refractivity contribution >= 4 is 32.3 Å². The van der Waals surface area contributed by atoms with E-state index < -0.39 is 0 Å². The average Bonchev–Trinajstić information content (AvgIpc) is 3.24. The quantitative estimate of drug-likeness (QED) is 0.212. The highest BCUT2D eigenvalue weighted by Crippen LogP contribution is 2.51. The molecule has 0 fully saturated rings. The van der Waals surface area contributed by atoms with E-state index in [1.165, 1.54) is 65.9 Å². The van der Waals surface area contributed by atoms with Crippen molar-refractivity contribution in [3.8, 4) is 39.4 Å². The topological polar surface area (TPSA) is 36.7 Å². The first kappa shape index (κ1) is 23.6. The van der Waals surface area contributed by atoms with Crippen LogP contribution in [0.2, 0.25) is 0 Å². The number of hydrogen-bond acceptors (Lipinski definition) is 2. The summed E-state index contributed by atoms with van der Waals surface area (Å²) in [4.78, 5) is 4.65. The number of aromatic nitrogens is 1. The van der Waals surface area contributed by atoms with Crippen LogP contribution >= 0.6 is 0 Å². The first-order chi connectivity index (χ1) is 20.1. The highest BCUT2D eigenvalue weighted by atomic mass is 14.6. The molecule has 0 N–H and O–H groups in total. The Morgan fingerprint density at radius 3 is 1.78 bits per heavy atom. The van der Waals surface area contributed by atoms with Gasteiger partial charge in [-0.15, -0.1) is 0 Å². The van der Waals surface area contributed by atoms with Crippen LogP contribution < -0.4 is 0 Å². The van der Waals surface area contributed by atoms with Gasteiger partial charge in [0.15, 0.2) is 0 Å². The van der Waals surface area contributed by atoms with E-state index in [1.807, 2.05) is 18.5 Å². The van der Waals surface area contributed by atoms with E-state index in [-0.39, 0.29) is 5.41 Å². The molecule has 192 valence electrons. The van der Waals surface area contributed by atoms with Crippen LogP contribution in [-0.2, 0) is 5.41 Å². The second-order valence-electron chi connectivity index (χ2n) is 11.5. The smallest absolute Gasteiger partial charge is 0.0991 e. The van der Waals surface area contributed by atoms with Crippen LogP contribution in [0.3, 0.4) is 0 Å². The lowest BCUT2D eigenvalue weighted by Gasteiger charge is -2.23. The van der Waals surface area contributed by atoms with Crippen molar-refractivity contribution in [3.63, 3.8) is 0 Å². The number of hydrogen-bond donors (Lipinski definition) is 0. The molecule has 0 radical (unpaired) electrons. The molecule has 8 rings (SSSR count). The molecule has 1 aliphatic rings. The molecule has 0 amide bonds. The standard InChI is InChI=1S/C39H26N2/c1-39(2)35-19-24(21-40)15-17-28(35)29-18-16-25(20-36(29)39)37-30-11-5-7-13-32(30)38(33-14-8-6-12-31(33)37)34-23-41-22-26-9-3-4-10-27(26)34/h3-20,22-23H,1-2H3. The molecular weight excluding hydrogens is 496 g/mol. The molecule has 0 saturated heterocycles. The van der Waals surface area contributed by atoms with E-state index in [2.05, 4.69) is 128 Å². The van der Waals surface area contributed by atoms with Crippen molar-refractivity contribution in [1.29, 1.82) is 5.26 Å². The normalized spacial score (nSPS) is 13.3. The molecule has 2 heteroatoms. The van der Waals surface area contributed by atoms with Crippen molar-refractivity contribution in [1.82, 2.24) is 4.98 Å². The SMILES string of the molecule is CC1(C)c2cc(C#N)ccc2-c2ccc(-c3c4ccccc4c(-c4cncc5ccccc45)c4ccccc34)cc21. The monoisotopic (exact) mass is 522 g/mol. The molecule has 0 spiro atoms. The Hall–Kier alpha value is -5.26. The molecule has 0 bridgehead atoms. The number of nitrogens with zero attached hydrogens (tertiary/aromatic N) is 2. The summed E-state index contributed by atoms with van der Waals surface area (Å²) in [6, 6.07) is 41.4. The molecule has 2 nitrogen and oxygen atoms in total. The van der Waals surface area contributed by atoms with E-state index in [1.54, 1.807) is 0 Å². The minimum atomic E-state index is -0.201. The van der Waals surface area contributed by atoms with Crippen LogP contribution in [-0.4, -0.2) is 4.98 Å². The second kappa shape index (κ2) is 8.62. The van der Waals surface area contributed by atoms with E-state index in [9.17, 15) is 5.26 Å². The van der Waals surface area contributed by atoms with Crippen molar-refractivity contribution < 1.29 is 0 Å². The van der Waals surface area contributed by atoms with Crippen LogP contribution in [0.1, 0.15) is 30.5 Å². The van der Waals surface area contributed by atoms with Crippen molar-refractivity contribution in [2.45, 2.75) is 19.3 Å². The molecule has 0 aliphatic heterocycles. The Balaban J connectivity index is 1.44. The zero-order valence-corrected chi connectivity index (χ0v) is 22.9. The van der Waals surface area contributed by atoms with Crippen LogP contribution in [0.15, 0.2) is 122 Å². The number of pyridine rings is 1. The molecule has 1 heterocycles. The van der Waals surface area contributed by atoms with Crippen LogP contribution in [0.5, 0.6) is 0 Å². The van der Waals surface area contributed by atoms with E-state index in [0.29, 0.717) is 5.56 Å². The molecule has 1 aromatic heterocycles. The van der Waals surface area contributed by atoms with Gasteiger partial charge >= 0.3 is 0 Å². The summed E-state index contributed by atoms with van der Waals surface area (Å²) >= 11 is 0. The van der Waals surface area contributed by atoms with Gasteiger partial charge in [-0.25, -0.2) is 0 Å². The maximum Gasteiger partial charge on any atom is 0.0991 e. The third-order valence-corrected chi connectivity index (χ3v) is 8.96. The van der Waals surface area contributed by atoms with Gasteiger partial charge in [0.2, 0.25) is 0 Å². The maximum atomic E-state index is 9.56. The molecule has 6 aromatic carbocycles. The van der Waals surface area contributed by atoms with E-state index in [0.717, 1.165) is 10.9 Å². The molecule has 0 unspecified atom stereocenters. The van der Waals surface area contributed by atoms with Crippen LogP contribution in [0.25, 0.3) is 65.7 Å². The van der Waals surface area contributed by atoms with Gasteiger partial charge in [-0.05, 0) is 84.1 Å². The van der Waals surface area contributed by atoms with Gasteiger partial charge in [0.05, 0.1) is 11.6 Å². The fourth-order valence-electron chi connectivity index (χ4n) is 7.01.